The van der Waals surface area contributed by atoms with Crippen LogP contribution in [0, 0.1) is 5.92 Å². The molecule has 0 aliphatic carbocycles. The van der Waals surface area contributed by atoms with Gasteiger partial charge in [-0.05, 0) is 50.8 Å². The molecule has 0 amide bonds. The Morgan fingerprint density at radius 2 is 1.90 bits per heavy atom. The van der Waals surface area contributed by atoms with Gasteiger partial charge >= 0.3 is 0 Å². The normalized spacial score (nSPS) is 21.1. The van der Waals surface area contributed by atoms with E-state index >= 15 is 0 Å². The van der Waals surface area contributed by atoms with Gasteiger partial charge in [0.15, 0.2) is 0 Å². The Hall–Kier alpha value is -0.840. The van der Waals surface area contributed by atoms with Gasteiger partial charge in [-0.2, -0.15) is 0 Å². The fourth-order valence-corrected chi connectivity index (χ4v) is 3.60. The lowest BCUT2D eigenvalue weighted by Gasteiger charge is -2.34. The minimum absolute atomic E-state index is 0.0280. The van der Waals surface area contributed by atoms with Crippen molar-refractivity contribution in [3.63, 3.8) is 0 Å². The van der Waals surface area contributed by atoms with E-state index in [0.29, 0.717) is 5.02 Å². The quantitative estimate of drug-likeness (QED) is 0.928. The highest BCUT2D eigenvalue weighted by atomic mass is 35.5. The first kappa shape index (κ1) is 15.1. The van der Waals surface area contributed by atoms with Gasteiger partial charge < -0.3 is 14.9 Å². The Kier molecular flexibility index (Phi) is 4.99. The van der Waals surface area contributed by atoms with Gasteiger partial charge in [0.05, 0.1) is 11.6 Å². The number of hydrogen-bond acceptors (Lipinski definition) is 4. The molecule has 3 rings (SSSR count). The lowest BCUT2D eigenvalue weighted by Crippen LogP contribution is -2.38. The summed E-state index contributed by atoms with van der Waals surface area (Å²) >= 11 is 6.01. The second-order valence-electron chi connectivity index (χ2n) is 6.23. The molecule has 21 heavy (non-hydrogen) atoms. The Bertz CT molecular complexity index is 469. The Morgan fingerprint density at radius 1 is 1.19 bits per heavy atom. The van der Waals surface area contributed by atoms with E-state index in [1.54, 1.807) is 6.20 Å². The summed E-state index contributed by atoms with van der Waals surface area (Å²) in [5, 5.41) is 9.85. The fraction of sp³-hybridized carbons (Fsp3) is 0.688. The van der Waals surface area contributed by atoms with E-state index in [-0.39, 0.29) is 6.61 Å². The van der Waals surface area contributed by atoms with Crippen LogP contribution in [0.2, 0.25) is 5.02 Å². The maximum atomic E-state index is 9.31. The van der Waals surface area contributed by atoms with E-state index in [4.69, 9.17) is 11.6 Å². The van der Waals surface area contributed by atoms with Crippen molar-refractivity contribution in [3.05, 3.63) is 22.8 Å². The van der Waals surface area contributed by atoms with Crippen molar-refractivity contribution >= 4 is 17.4 Å². The van der Waals surface area contributed by atoms with Crippen molar-refractivity contribution in [2.24, 2.45) is 5.92 Å². The predicted molar refractivity (Wildman–Crippen MR) is 85.8 cm³/mol. The summed E-state index contributed by atoms with van der Waals surface area (Å²) in [6.07, 6.45) is 6.86. The molecule has 0 saturated carbocycles. The lowest BCUT2D eigenvalue weighted by atomic mass is 9.96. The van der Waals surface area contributed by atoms with Gasteiger partial charge in [0.1, 0.15) is 5.82 Å². The van der Waals surface area contributed by atoms with Crippen LogP contribution >= 0.6 is 11.6 Å². The number of aliphatic hydroxyl groups is 1. The number of aliphatic hydroxyl groups excluding tert-OH is 1. The molecule has 2 aliphatic heterocycles. The summed E-state index contributed by atoms with van der Waals surface area (Å²) < 4.78 is 0. The first-order valence-electron chi connectivity index (χ1n) is 7.99. The highest BCUT2D eigenvalue weighted by Gasteiger charge is 2.23. The number of aromatic nitrogens is 1. The first-order valence-corrected chi connectivity index (χ1v) is 8.36. The Balaban J connectivity index is 1.55. The molecule has 2 saturated heterocycles. The van der Waals surface area contributed by atoms with Gasteiger partial charge in [0.25, 0.3) is 0 Å². The molecular weight excluding hydrogens is 286 g/mol. The van der Waals surface area contributed by atoms with E-state index in [9.17, 15) is 5.11 Å². The zero-order valence-corrected chi connectivity index (χ0v) is 13.2. The summed E-state index contributed by atoms with van der Waals surface area (Å²) in [6.45, 7) is 5.93. The molecule has 1 aromatic heterocycles. The molecular formula is C16H24ClN3O. The number of likely N-dealkylation sites (tertiary alicyclic amines) is 1. The average Bonchev–Trinajstić information content (AvgIpc) is 3.02. The zero-order chi connectivity index (χ0) is 14.7. The van der Waals surface area contributed by atoms with Crippen molar-refractivity contribution in [1.29, 1.82) is 0 Å². The SMILES string of the molecule is OCc1cc(N2CCC(CN3CCCC3)CC2)ncc1Cl. The topological polar surface area (TPSA) is 39.6 Å². The molecule has 5 heteroatoms. The molecule has 2 fully saturated rings. The van der Waals surface area contributed by atoms with Crippen molar-refractivity contribution in [1.82, 2.24) is 9.88 Å². The number of nitrogens with zero attached hydrogens (tertiary/aromatic N) is 3. The van der Waals surface area contributed by atoms with E-state index in [2.05, 4.69) is 14.8 Å². The van der Waals surface area contributed by atoms with Crippen molar-refractivity contribution in [3.8, 4) is 0 Å². The van der Waals surface area contributed by atoms with Crippen LogP contribution in [-0.4, -0.2) is 47.7 Å². The molecule has 0 aromatic carbocycles. The van der Waals surface area contributed by atoms with E-state index in [1.165, 1.54) is 45.3 Å². The maximum absolute atomic E-state index is 9.31. The van der Waals surface area contributed by atoms with Gasteiger partial charge in [-0.25, -0.2) is 4.98 Å². The molecule has 116 valence electrons. The minimum atomic E-state index is -0.0280. The summed E-state index contributed by atoms with van der Waals surface area (Å²) in [5.74, 6) is 1.77. The molecule has 3 heterocycles. The average molecular weight is 310 g/mol. The van der Waals surface area contributed by atoms with Crippen LogP contribution in [0.3, 0.4) is 0 Å². The summed E-state index contributed by atoms with van der Waals surface area (Å²) in [4.78, 5) is 9.34. The third-order valence-corrected chi connectivity index (χ3v) is 5.08. The van der Waals surface area contributed by atoms with Crippen LogP contribution in [0.1, 0.15) is 31.2 Å². The van der Waals surface area contributed by atoms with Gasteiger partial charge in [-0.15, -0.1) is 0 Å². The van der Waals surface area contributed by atoms with E-state index < -0.39 is 0 Å². The van der Waals surface area contributed by atoms with E-state index in [1.807, 2.05) is 6.07 Å². The standard InChI is InChI=1S/C16H24ClN3O/c17-15-10-18-16(9-14(15)12-21)20-7-3-13(4-8-20)11-19-5-1-2-6-19/h9-10,13,21H,1-8,11-12H2. The third kappa shape index (κ3) is 3.68. The minimum Gasteiger partial charge on any atom is -0.392 e. The molecule has 4 nitrogen and oxygen atoms in total. The highest BCUT2D eigenvalue weighted by molar-refractivity contribution is 6.31. The molecule has 0 atom stereocenters. The Morgan fingerprint density at radius 3 is 2.57 bits per heavy atom. The number of halogens is 1. The molecule has 0 bridgehead atoms. The number of pyridine rings is 1. The van der Waals surface area contributed by atoms with Gasteiger partial charge in [-0.3, -0.25) is 0 Å². The molecule has 1 aromatic rings. The molecule has 0 spiro atoms. The van der Waals surface area contributed by atoms with Crippen molar-refractivity contribution in [2.75, 3.05) is 37.6 Å². The van der Waals surface area contributed by atoms with Crippen LogP contribution in [0.5, 0.6) is 0 Å². The third-order valence-electron chi connectivity index (χ3n) is 4.74. The first-order chi connectivity index (χ1) is 10.3. The van der Waals surface area contributed by atoms with Crippen LogP contribution in [0.15, 0.2) is 12.3 Å². The molecule has 0 unspecified atom stereocenters. The maximum Gasteiger partial charge on any atom is 0.128 e. The molecule has 1 N–H and O–H groups in total. The second-order valence-corrected chi connectivity index (χ2v) is 6.64. The van der Waals surface area contributed by atoms with Crippen LogP contribution in [0.4, 0.5) is 5.82 Å². The second kappa shape index (κ2) is 6.95. The Labute approximate surface area is 131 Å². The number of piperidine rings is 1. The summed E-state index contributed by atoms with van der Waals surface area (Å²) in [5.41, 5.74) is 0.765. The van der Waals surface area contributed by atoms with Crippen molar-refractivity contribution in [2.45, 2.75) is 32.3 Å². The van der Waals surface area contributed by atoms with E-state index in [0.717, 1.165) is 30.4 Å². The fourth-order valence-electron chi connectivity index (χ4n) is 3.44. The summed E-state index contributed by atoms with van der Waals surface area (Å²) in [7, 11) is 0. The smallest absolute Gasteiger partial charge is 0.128 e. The number of anilines is 1. The zero-order valence-electron chi connectivity index (χ0n) is 12.5. The van der Waals surface area contributed by atoms with Crippen LogP contribution in [-0.2, 0) is 6.61 Å². The van der Waals surface area contributed by atoms with Gasteiger partial charge in [0, 0.05) is 31.4 Å². The number of rotatable bonds is 4. The number of hydrogen-bond donors (Lipinski definition) is 1. The molecule has 0 radical (unpaired) electrons. The lowest BCUT2D eigenvalue weighted by molar-refractivity contribution is 0.249. The monoisotopic (exact) mass is 309 g/mol. The molecule has 2 aliphatic rings. The van der Waals surface area contributed by atoms with Crippen LogP contribution in [0.25, 0.3) is 0 Å². The largest absolute Gasteiger partial charge is 0.392 e. The highest BCUT2D eigenvalue weighted by Crippen LogP contribution is 2.26. The van der Waals surface area contributed by atoms with Gasteiger partial charge in [-0.1, -0.05) is 11.6 Å². The predicted octanol–water partition coefficient (Wildman–Crippen LogP) is 2.54. The van der Waals surface area contributed by atoms with Gasteiger partial charge in [0.2, 0.25) is 0 Å². The summed E-state index contributed by atoms with van der Waals surface area (Å²) in [6, 6.07) is 1.92. The van der Waals surface area contributed by atoms with Crippen LogP contribution < -0.4 is 4.90 Å². The van der Waals surface area contributed by atoms with Crippen molar-refractivity contribution < 1.29 is 5.11 Å².